The minimum atomic E-state index is -0.550. The predicted octanol–water partition coefficient (Wildman–Crippen LogP) is 5.97. The number of carbonyl (C=O) groups excluding carboxylic acids is 2. The van der Waals surface area contributed by atoms with Crippen LogP contribution in [0.4, 0.5) is 9.39 Å². The van der Waals surface area contributed by atoms with E-state index >= 15 is 0 Å². The molecule has 0 radical (unpaired) electrons. The van der Waals surface area contributed by atoms with Crippen LogP contribution in [0, 0.1) is 12.7 Å². The van der Waals surface area contributed by atoms with Gasteiger partial charge in [-0.05, 0) is 55.3 Å². The van der Waals surface area contributed by atoms with E-state index in [0.717, 1.165) is 16.5 Å². The van der Waals surface area contributed by atoms with E-state index in [1.807, 2.05) is 41.7 Å². The van der Waals surface area contributed by atoms with Crippen molar-refractivity contribution >= 4 is 56.5 Å². The Balaban J connectivity index is 1.39. The van der Waals surface area contributed by atoms with E-state index in [0.29, 0.717) is 26.9 Å². The highest BCUT2D eigenvalue weighted by Gasteiger charge is 2.23. The van der Waals surface area contributed by atoms with Crippen LogP contribution in [0.2, 0.25) is 0 Å². The molecule has 1 N–H and O–H groups in total. The molecule has 0 saturated carbocycles. The van der Waals surface area contributed by atoms with E-state index in [1.165, 1.54) is 35.2 Å². The Hall–Kier alpha value is -3.76. The number of thiophene rings is 1. The van der Waals surface area contributed by atoms with E-state index in [2.05, 4.69) is 15.5 Å². The van der Waals surface area contributed by atoms with Crippen LogP contribution in [0.3, 0.4) is 0 Å². The maximum atomic E-state index is 13.4. The second-order valence-corrected chi connectivity index (χ2v) is 9.76. The molecule has 1 amide bonds. The molecule has 0 unspecified atom stereocenters. The Kier molecular flexibility index (Phi) is 6.71. The molecule has 5 rings (SSSR count). The first-order valence-electron chi connectivity index (χ1n) is 11.2. The molecule has 0 fully saturated rings. The summed E-state index contributed by atoms with van der Waals surface area (Å²) in [4.78, 5) is 25.6. The zero-order valence-electron chi connectivity index (χ0n) is 19.4. The maximum absolute atomic E-state index is 13.4. The third-order valence-electron chi connectivity index (χ3n) is 5.61. The number of nitrogens with zero attached hydrogens (tertiary/aromatic N) is 3. The van der Waals surface area contributed by atoms with Gasteiger partial charge in [0.1, 0.15) is 16.4 Å². The summed E-state index contributed by atoms with van der Waals surface area (Å²) in [5, 5.41) is 15.2. The number of rotatable bonds is 7. The van der Waals surface area contributed by atoms with Crippen LogP contribution >= 0.6 is 23.1 Å². The van der Waals surface area contributed by atoms with Gasteiger partial charge >= 0.3 is 5.97 Å². The molecule has 3 heterocycles. The summed E-state index contributed by atoms with van der Waals surface area (Å²) in [5.74, 6) is -1.16. The molecular formula is C26H21FN4O3S2. The molecule has 0 bridgehead atoms. The van der Waals surface area contributed by atoms with Crippen molar-refractivity contribution in [1.29, 1.82) is 0 Å². The van der Waals surface area contributed by atoms with Crippen molar-refractivity contribution in [2.75, 3.05) is 17.7 Å². The summed E-state index contributed by atoms with van der Waals surface area (Å²) in [6, 6.07) is 15.8. The smallest absolute Gasteiger partial charge is 0.341 e. The highest BCUT2D eigenvalue weighted by molar-refractivity contribution is 7.99. The Morgan fingerprint density at radius 1 is 1.11 bits per heavy atom. The number of fused-ring (bicyclic) bond motifs is 3. The van der Waals surface area contributed by atoms with E-state index in [-0.39, 0.29) is 29.6 Å². The number of aryl methyl sites for hydroxylation is 1. The van der Waals surface area contributed by atoms with Gasteiger partial charge in [0, 0.05) is 16.3 Å². The van der Waals surface area contributed by atoms with Crippen molar-refractivity contribution in [2.45, 2.75) is 19.0 Å². The summed E-state index contributed by atoms with van der Waals surface area (Å²) in [6.07, 6.45) is 0. The fourth-order valence-corrected chi connectivity index (χ4v) is 5.66. The zero-order chi connectivity index (χ0) is 25.2. The fraction of sp³-hybridized carbons (Fsp3) is 0.154. The minimum absolute atomic E-state index is 0.0645. The van der Waals surface area contributed by atoms with E-state index in [1.54, 1.807) is 24.4 Å². The lowest BCUT2D eigenvalue weighted by Crippen LogP contribution is -2.16. The third kappa shape index (κ3) is 4.57. The molecule has 0 saturated heterocycles. The summed E-state index contributed by atoms with van der Waals surface area (Å²) in [6.45, 7) is 3.94. The number of thioether (sulfide) groups is 1. The van der Waals surface area contributed by atoms with Gasteiger partial charge in [0.15, 0.2) is 10.8 Å². The highest BCUT2D eigenvalue weighted by Crippen LogP contribution is 2.36. The quantitative estimate of drug-likeness (QED) is 0.210. The molecule has 0 spiro atoms. The lowest BCUT2D eigenvalue weighted by Gasteiger charge is -2.09. The number of carbonyl (C=O) groups is 2. The first-order valence-corrected chi connectivity index (χ1v) is 13.0. The van der Waals surface area contributed by atoms with E-state index in [4.69, 9.17) is 4.74 Å². The Labute approximate surface area is 214 Å². The largest absolute Gasteiger partial charge is 0.462 e. The molecule has 0 aliphatic carbocycles. The molecule has 2 aromatic carbocycles. The molecule has 0 aliphatic heterocycles. The van der Waals surface area contributed by atoms with Crippen molar-refractivity contribution < 1.29 is 18.7 Å². The van der Waals surface area contributed by atoms with Gasteiger partial charge in [0.25, 0.3) is 0 Å². The van der Waals surface area contributed by atoms with Crippen molar-refractivity contribution in [1.82, 2.24) is 14.6 Å². The average Bonchev–Trinajstić information content (AvgIpc) is 3.48. The van der Waals surface area contributed by atoms with Gasteiger partial charge in [-0.25, -0.2) is 9.18 Å². The number of hydrogen-bond donors (Lipinski definition) is 1. The number of esters is 1. The number of halogens is 1. The minimum Gasteiger partial charge on any atom is -0.462 e. The Bertz CT molecular complexity index is 1590. The number of amides is 1. The van der Waals surface area contributed by atoms with Gasteiger partial charge in [-0.1, -0.05) is 36.0 Å². The zero-order valence-corrected chi connectivity index (χ0v) is 21.1. The number of hydrogen-bond acceptors (Lipinski definition) is 7. The normalized spacial score (nSPS) is 11.2. The summed E-state index contributed by atoms with van der Waals surface area (Å²) in [7, 11) is 0. The second-order valence-electron chi connectivity index (χ2n) is 7.93. The maximum Gasteiger partial charge on any atom is 0.341 e. The number of benzene rings is 2. The number of ether oxygens (including phenoxy) is 1. The lowest BCUT2D eigenvalue weighted by molar-refractivity contribution is -0.113. The lowest BCUT2D eigenvalue weighted by atomic mass is 10.0. The Morgan fingerprint density at radius 2 is 1.92 bits per heavy atom. The van der Waals surface area contributed by atoms with Crippen LogP contribution in [0.5, 0.6) is 0 Å². The molecule has 36 heavy (non-hydrogen) atoms. The van der Waals surface area contributed by atoms with Gasteiger partial charge < -0.3 is 10.1 Å². The highest BCUT2D eigenvalue weighted by atomic mass is 32.2. The monoisotopic (exact) mass is 520 g/mol. The standard InChI is InChI=1S/C26H21FN4O3S2/c1-3-34-25(33)23-19(16-7-9-17(27)10-8-16)13-35-24(23)28-22(32)14-36-26-30-29-21-12-11-18-15(2)5-4-6-20(18)31(21)26/h4-13H,3,14H2,1-2H3,(H,28,32). The summed E-state index contributed by atoms with van der Waals surface area (Å²) >= 11 is 2.48. The Morgan fingerprint density at radius 3 is 2.69 bits per heavy atom. The fourth-order valence-electron chi connectivity index (χ4n) is 3.93. The van der Waals surface area contributed by atoms with Gasteiger partial charge in [0.05, 0.1) is 17.9 Å². The van der Waals surface area contributed by atoms with Crippen LogP contribution in [-0.2, 0) is 9.53 Å². The number of nitrogens with one attached hydrogen (secondary N) is 1. The molecule has 0 aliphatic rings. The molecule has 0 atom stereocenters. The van der Waals surface area contributed by atoms with Crippen molar-refractivity contribution in [3.05, 3.63) is 76.9 Å². The molecule has 10 heteroatoms. The van der Waals surface area contributed by atoms with E-state index < -0.39 is 5.97 Å². The van der Waals surface area contributed by atoms with Crippen molar-refractivity contribution in [3.63, 3.8) is 0 Å². The van der Waals surface area contributed by atoms with Crippen molar-refractivity contribution in [3.8, 4) is 11.1 Å². The van der Waals surface area contributed by atoms with Gasteiger partial charge in [-0.3, -0.25) is 9.20 Å². The summed E-state index contributed by atoms with van der Waals surface area (Å²) in [5.41, 5.74) is 4.28. The molecule has 3 aromatic heterocycles. The predicted molar refractivity (Wildman–Crippen MR) is 140 cm³/mol. The van der Waals surface area contributed by atoms with Gasteiger partial charge in [-0.2, -0.15) is 0 Å². The molecule has 7 nitrogen and oxygen atoms in total. The van der Waals surface area contributed by atoms with Crippen LogP contribution in [0.1, 0.15) is 22.8 Å². The van der Waals surface area contributed by atoms with Crippen LogP contribution in [0.25, 0.3) is 27.7 Å². The average molecular weight is 521 g/mol. The number of anilines is 1. The first-order chi connectivity index (χ1) is 17.5. The van der Waals surface area contributed by atoms with E-state index in [9.17, 15) is 14.0 Å². The van der Waals surface area contributed by atoms with Crippen LogP contribution in [-0.4, -0.2) is 38.8 Å². The topological polar surface area (TPSA) is 85.6 Å². The van der Waals surface area contributed by atoms with Gasteiger partial charge in [-0.15, -0.1) is 21.5 Å². The number of pyridine rings is 1. The number of aromatic nitrogens is 3. The first kappa shape index (κ1) is 24.0. The van der Waals surface area contributed by atoms with Crippen molar-refractivity contribution in [2.24, 2.45) is 0 Å². The molecule has 5 aromatic rings. The SMILES string of the molecule is CCOC(=O)c1c(-c2ccc(F)cc2)csc1NC(=O)CSc1nnc2ccc3c(C)cccc3n12. The van der Waals surface area contributed by atoms with Crippen LogP contribution in [0.15, 0.2) is 65.1 Å². The molecular weight excluding hydrogens is 499 g/mol. The van der Waals surface area contributed by atoms with Gasteiger partial charge in [0.2, 0.25) is 5.91 Å². The molecule has 182 valence electrons. The third-order valence-corrected chi connectivity index (χ3v) is 7.43. The second kappa shape index (κ2) is 10.1. The van der Waals surface area contributed by atoms with Crippen LogP contribution < -0.4 is 5.32 Å². The summed E-state index contributed by atoms with van der Waals surface area (Å²) < 4.78 is 20.6.